The largest absolute Gasteiger partial charge is 0.458 e. The maximum absolute atomic E-state index is 11.6. The van der Waals surface area contributed by atoms with E-state index < -0.39 is 16.0 Å². The van der Waals surface area contributed by atoms with Crippen molar-refractivity contribution in [2.24, 2.45) is 5.14 Å². The molecule has 7 heteroatoms. The number of nitrogens with one attached hydrogen (secondary N) is 1. The molecule has 0 aliphatic heterocycles. The number of primary sulfonamides is 1. The molecule has 1 unspecified atom stereocenters. The summed E-state index contributed by atoms with van der Waals surface area (Å²) in [6.07, 6.45) is 2.63. The van der Waals surface area contributed by atoms with Crippen molar-refractivity contribution >= 4 is 16.0 Å². The normalized spacial score (nSPS) is 13.4. The zero-order chi connectivity index (χ0) is 13.1. The van der Waals surface area contributed by atoms with Gasteiger partial charge in [0, 0.05) is 6.20 Å². The van der Waals surface area contributed by atoms with Crippen molar-refractivity contribution < 1.29 is 17.9 Å². The van der Waals surface area contributed by atoms with Gasteiger partial charge in [0.05, 0.1) is 6.10 Å². The van der Waals surface area contributed by atoms with Crippen LogP contribution in [-0.4, -0.2) is 25.5 Å². The van der Waals surface area contributed by atoms with E-state index in [4.69, 9.17) is 9.88 Å². The summed E-state index contributed by atoms with van der Waals surface area (Å²) >= 11 is 0. The molecule has 1 aromatic heterocycles. The molecule has 0 aliphatic carbocycles. The minimum absolute atomic E-state index is 0.0805. The lowest BCUT2D eigenvalue weighted by Gasteiger charge is -2.10. The van der Waals surface area contributed by atoms with E-state index in [1.165, 1.54) is 0 Å². The van der Waals surface area contributed by atoms with Gasteiger partial charge in [0.2, 0.25) is 10.0 Å². The second-order valence-electron chi connectivity index (χ2n) is 3.80. The summed E-state index contributed by atoms with van der Waals surface area (Å²) in [4.78, 5) is 14.0. The van der Waals surface area contributed by atoms with Gasteiger partial charge in [-0.1, -0.05) is 13.3 Å². The van der Waals surface area contributed by atoms with Crippen LogP contribution >= 0.6 is 0 Å². The molecule has 1 atom stereocenters. The number of nitrogens with two attached hydrogens (primary N) is 1. The molecule has 6 nitrogen and oxygen atoms in total. The molecule has 0 bridgehead atoms. The molecular weight excluding hydrogens is 244 g/mol. The van der Waals surface area contributed by atoms with E-state index >= 15 is 0 Å². The lowest BCUT2D eigenvalue weighted by Crippen LogP contribution is -2.15. The Bertz CT molecular complexity index is 492. The molecule has 0 saturated carbocycles. The van der Waals surface area contributed by atoms with E-state index in [9.17, 15) is 13.2 Å². The summed E-state index contributed by atoms with van der Waals surface area (Å²) in [5, 5.41) is 4.92. The summed E-state index contributed by atoms with van der Waals surface area (Å²) in [5.41, 5.74) is 0.0805. The van der Waals surface area contributed by atoms with Crippen LogP contribution in [0.1, 0.15) is 37.2 Å². The number of rotatable bonds is 5. The Morgan fingerprint density at radius 3 is 2.71 bits per heavy atom. The van der Waals surface area contributed by atoms with Gasteiger partial charge in [-0.05, 0) is 19.4 Å². The van der Waals surface area contributed by atoms with Gasteiger partial charge in [0.15, 0.2) is 0 Å². The SMILES string of the molecule is CCCC(C)OC(=O)c1cc(S(N)(=O)=O)c[nH]1. The molecule has 0 aliphatic rings. The Morgan fingerprint density at radius 1 is 1.59 bits per heavy atom. The first-order valence-electron chi connectivity index (χ1n) is 5.26. The van der Waals surface area contributed by atoms with Crippen molar-refractivity contribution in [3.05, 3.63) is 18.0 Å². The summed E-state index contributed by atoms with van der Waals surface area (Å²) in [6.45, 7) is 3.77. The zero-order valence-electron chi connectivity index (χ0n) is 9.76. The van der Waals surface area contributed by atoms with Gasteiger partial charge in [-0.25, -0.2) is 18.4 Å². The van der Waals surface area contributed by atoms with Gasteiger partial charge in [0.1, 0.15) is 10.6 Å². The standard InChI is InChI=1S/C10H16N2O4S/c1-3-4-7(2)16-10(13)9-5-8(6-12-9)17(11,14)15/h5-7,12H,3-4H2,1-2H3,(H2,11,14,15). The van der Waals surface area contributed by atoms with Crippen molar-refractivity contribution in [3.8, 4) is 0 Å². The van der Waals surface area contributed by atoms with Crippen LogP contribution in [0.25, 0.3) is 0 Å². The molecule has 0 spiro atoms. The highest BCUT2D eigenvalue weighted by molar-refractivity contribution is 7.89. The minimum Gasteiger partial charge on any atom is -0.458 e. The number of H-pyrrole nitrogens is 1. The third-order valence-corrected chi connectivity index (χ3v) is 3.10. The molecule has 0 saturated heterocycles. The second-order valence-corrected chi connectivity index (χ2v) is 5.36. The highest BCUT2D eigenvalue weighted by Crippen LogP contribution is 2.11. The lowest BCUT2D eigenvalue weighted by molar-refractivity contribution is 0.0317. The predicted molar refractivity (Wildman–Crippen MR) is 62.0 cm³/mol. The van der Waals surface area contributed by atoms with Gasteiger partial charge in [0.25, 0.3) is 0 Å². The van der Waals surface area contributed by atoms with Crippen molar-refractivity contribution in [3.63, 3.8) is 0 Å². The van der Waals surface area contributed by atoms with E-state index in [1.807, 2.05) is 6.92 Å². The average Bonchev–Trinajstić information content (AvgIpc) is 2.65. The molecule has 3 N–H and O–H groups in total. The average molecular weight is 260 g/mol. The first-order chi connectivity index (χ1) is 7.84. The van der Waals surface area contributed by atoms with Crippen LogP contribution in [-0.2, 0) is 14.8 Å². The number of aromatic nitrogens is 1. The van der Waals surface area contributed by atoms with E-state index in [-0.39, 0.29) is 16.7 Å². The first-order valence-corrected chi connectivity index (χ1v) is 6.81. The van der Waals surface area contributed by atoms with Crippen LogP contribution in [0, 0.1) is 0 Å². The Balaban J connectivity index is 2.74. The third kappa shape index (κ3) is 3.86. The number of carbonyl (C=O) groups is 1. The highest BCUT2D eigenvalue weighted by atomic mass is 32.2. The van der Waals surface area contributed by atoms with Crippen LogP contribution in [0.4, 0.5) is 0 Å². The molecule has 1 aromatic rings. The van der Waals surface area contributed by atoms with Crippen molar-refractivity contribution in [2.75, 3.05) is 0 Å². The fourth-order valence-electron chi connectivity index (χ4n) is 1.37. The van der Waals surface area contributed by atoms with E-state index in [0.29, 0.717) is 0 Å². The molecule has 0 aromatic carbocycles. The Morgan fingerprint density at radius 2 is 2.24 bits per heavy atom. The smallest absolute Gasteiger partial charge is 0.355 e. The van der Waals surface area contributed by atoms with Crippen LogP contribution in [0.2, 0.25) is 0 Å². The molecule has 1 rings (SSSR count). The first kappa shape index (κ1) is 13.7. The number of ether oxygens (including phenoxy) is 1. The number of esters is 1. The van der Waals surface area contributed by atoms with Gasteiger partial charge in [-0.15, -0.1) is 0 Å². The van der Waals surface area contributed by atoms with Gasteiger partial charge in [-0.3, -0.25) is 0 Å². The fraction of sp³-hybridized carbons (Fsp3) is 0.500. The quantitative estimate of drug-likeness (QED) is 0.771. The van der Waals surface area contributed by atoms with E-state index in [0.717, 1.165) is 25.1 Å². The fourth-order valence-corrected chi connectivity index (χ4v) is 1.87. The van der Waals surface area contributed by atoms with Gasteiger partial charge >= 0.3 is 5.97 Å². The molecule has 96 valence electrons. The van der Waals surface area contributed by atoms with Crippen LogP contribution in [0.5, 0.6) is 0 Å². The Labute approximate surface area is 100 Å². The maximum atomic E-state index is 11.6. The van der Waals surface area contributed by atoms with Crippen LogP contribution < -0.4 is 5.14 Å². The molecular formula is C10H16N2O4S. The number of hydrogen-bond donors (Lipinski definition) is 2. The summed E-state index contributed by atoms with van der Waals surface area (Å²) in [7, 11) is -3.79. The Hall–Kier alpha value is -1.34. The van der Waals surface area contributed by atoms with E-state index in [1.54, 1.807) is 6.92 Å². The van der Waals surface area contributed by atoms with Gasteiger partial charge < -0.3 is 9.72 Å². The topological polar surface area (TPSA) is 102 Å². The molecule has 17 heavy (non-hydrogen) atoms. The molecule has 1 heterocycles. The predicted octanol–water partition coefficient (Wildman–Crippen LogP) is 1.01. The number of aromatic amines is 1. The number of carbonyl (C=O) groups excluding carboxylic acids is 1. The van der Waals surface area contributed by atoms with Crippen LogP contribution in [0.3, 0.4) is 0 Å². The van der Waals surface area contributed by atoms with Gasteiger partial charge in [-0.2, -0.15) is 0 Å². The maximum Gasteiger partial charge on any atom is 0.355 e. The van der Waals surface area contributed by atoms with Crippen molar-refractivity contribution in [1.29, 1.82) is 0 Å². The zero-order valence-corrected chi connectivity index (χ0v) is 10.6. The summed E-state index contributed by atoms with van der Waals surface area (Å²) in [5.74, 6) is -0.583. The van der Waals surface area contributed by atoms with E-state index in [2.05, 4.69) is 4.98 Å². The minimum atomic E-state index is -3.79. The van der Waals surface area contributed by atoms with Crippen molar-refractivity contribution in [2.45, 2.75) is 37.7 Å². The number of sulfonamides is 1. The van der Waals surface area contributed by atoms with Crippen LogP contribution in [0.15, 0.2) is 17.2 Å². The molecule has 0 amide bonds. The highest BCUT2D eigenvalue weighted by Gasteiger charge is 2.17. The Kier molecular flexibility index (Phi) is 4.30. The van der Waals surface area contributed by atoms with Crippen molar-refractivity contribution in [1.82, 2.24) is 4.98 Å². The third-order valence-electron chi connectivity index (χ3n) is 2.21. The summed E-state index contributed by atoms with van der Waals surface area (Å²) in [6, 6.07) is 1.16. The number of hydrogen-bond acceptors (Lipinski definition) is 4. The second kappa shape index (κ2) is 5.33. The summed E-state index contributed by atoms with van der Waals surface area (Å²) < 4.78 is 27.1. The molecule has 0 radical (unpaired) electrons. The monoisotopic (exact) mass is 260 g/mol. The lowest BCUT2D eigenvalue weighted by atomic mass is 10.2. The molecule has 0 fully saturated rings.